The fourth-order valence-corrected chi connectivity index (χ4v) is 7.56. The molecule has 14 heteroatoms. The summed E-state index contributed by atoms with van der Waals surface area (Å²) in [7, 11) is 1.42. The first-order valence-corrected chi connectivity index (χ1v) is 16.3. The van der Waals surface area contributed by atoms with Crippen LogP contribution in [0.5, 0.6) is 5.75 Å². The zero-order valence-electron chi connectivity index (χ0n) is 27.6. The number of imidazole rings is 1. The van der Waals surface area contributed by atoms with Gasteiger partial charge in [0.2, 0.25) is 5.95 Å². The van der Waals surface area contributed by atoms with Crippen LogP contribution >= 0.6 is 0 Å². The van der Waals surface area contributed by atoms with E-state index in [4.69, 9.17) is 14.2 Å². The lowest BCUT2D eigenvalue weighted by atomic mass is 9.85. The van der Waals surface area contributed by atoms with E-state index in [1.807, 2.05) is 4.57 Å². The average Bonchev–Trinajstić information content (AvgIpc) is 3.55. The number of hydrogen-bond acceptors (Lipinski definition) is 9. The van der Waals surface area contributed by atoms with Crippen molar-refractivity contribution in [2.24, 2.45) is 17.8 Å². The third-order valence-electron chi connectivity index (χ3n) is 9.57. The number of carbonyl (C=O) groups excluding carboxylic acids is 2. The Morgan fingerprint density at radius 1 is 1.00 bits per heavy atom. The topological polar surface area (TPSA) is 112 Å². The molecule has 2 aromatic heterocycles. The number of methoxy groups -OCH3 is 1. The van der Waals surface area contributed by atoms with Crippen molar-refractivity contribution in [3.8, 4) is 16.9 Å². The second-order valence-electron chi connectivity index (χ2n) is 13.8. The van der Waals surface area contributed by atoms with Crippen LogP contribution in [-0.4, -0.2) is 75.4 Å². The molecule has 0 spiro atoms. The molecule has 258 valence electrons. The second-order valence-corrected chi connectivity index (χ2v) is 13.8. The van der Waals surface area contributed by atoms with Crippen LogP contribution in [0.2, 0.25) is 0 Å². The van der Waals surface area contributed by atoms with E-state index in [1.54, 1.807) is 57.4 Å². The molecule has 49 heavy (non-hydrogen) atoms. The molecule has 1 saturated heterocycles. The molecule has 0 radical (unpaired) electrons. The summed E-state index contributed by atoms with van der Waals surface area (Å²) in [4.78, 5) is 43.0. The summed E-state index contributed by atoms with van der Waals surface area (Å²) in [6, 6.07) is 8.65. The van der Waals surface area contributed by atoms with Crippen molar-refractivity contribution in [2.75, 3.05) is 31.6 Å². The van der Waals surface area contributed by atoms with Gasteiger partial charge in [-0.3, -0.25) is 9.69 Å². The highest BCUT2D eigenvalue weighted by molar-refractivity contribution is 5.84. The van der Waals surface area contributed by atoms with Crippen molar-refractivity contribution in [3.05, 3.63) is 66.0 Å². The van der Waals surface area contributed by atoms with Crippen molar-refractivity contribution in [2.45, 2.75) is 58.4 Å². The van der Waals surface area contributed by atoms with Gasteiger partial charge < -0.3 is 23.7 Å². The molecular weight excluding hydrogens is 641 g/mol. The number of amides is 1. The van der Waals surface area contributed by atoms with Gasteiger partial charge in [0.05, 0.1) is 36.6 Å². The Morgan fingerprint density at radius 3 is 2.35 bits per heavy atom. The maximum atomic E-state index is 15.8. The SMILES string of the molecule is COC(=O)[C@H]1C2CC[C@@H]1CN(c1ncc(-c3cc4c(cc3F)nc3n4C(c4ccccc4OC(F)F)CN(C(=O)OC(C)(C)C)C3)cn1)C2. The summed E-state index contributed by atoms with van der Waals surface area (Å²) >= 11 is 0. The van der Waals surface area contributed by atoms with Crippen molar-refractivity contribution in [1.82, 2.24) is 24.4 Å². The molecule has 4 atom stereocenters. The number of hydrogen-bond donors (Lipinski definition) is 0. The Kier molecular flexibility index (Phi) is 8.35. The molecule has 4 aromatic rings. The number of alkyl halides is 2. The van der Waals surface area contributed by atoms with Gasteiger partial charge in [-0.2, -0.15) is 8.78 Å². The van der Waals surface area contributed by atoms with Gasteiger partial charge in [-0.1, -0.05) is 18.2 Å². The van der Waals surface area contributed by atoms with E-state index in [2.05, 4.69) is 19.9 Å². The van der Waals surface area contributed by atoms with E-state index in [-0.39, 0.29) is 48.1 Å². The molecule has 11 nitrogen and oxygen atoms in total. The summed E-state index contributed by atoms with van der Waals surface area (Å²) in [6.45, 7) is 3.59. The number of fused-ring (bicyclic) bond motifs is 5. The highest BCUT2D eigenvalue weighted by Gasteiger charge is 2.47. The first-order chi connectivity index (χ1) is 23.4. The predicted octanol–water partition coefficient (Wildman–Crippen LogP) is 6.21. The number of para-hydroxylation sites is 1. The van der Waals surface area contributed by atoms with Crippen molar-refractivity contribution in [1.29, 1.82) is 0 Å². The first-order valence-electron chi connectivity index (χ1n) is 16.3. The lowest BCUT2D eigenvalue weighted by Crippen LogP contribution is -2.45. The Bertz CT molecular complexity index is 1880. The molecule has 2 unspecified atom stereocenters. The number of anilines is 1. The smallest absolute Gasteiger partial charge is 0.410 e. The van der Waals surface area contributed by atoms with Crippen LogP contribution < -0.4 is 9.64 Å². The number of esters is 1. The number of halogens is 3. The third kappa shape index (κ3) is 6.24. The average molecular weight is 679 g/mol. The van der Waals surface area contributed by atoms with Gasteiger partial charge in [-0.15, -0.1) is 0 Å². The number of nitrogens with zero attached hydrogens (tertiary/aromatic N) is 6. The van der Waals surface area contributed by atoms with E-state index < -0.39 is 30.2 Å². The summed E-state index contributed by atoms with van der Waals surface area (Å²) in [5, 5.41) is 0. The Labute approximate surface area is 281 Å². The summed E-state index contributed by atoms with van der Waals surface area (Å²) in [5.74, 6) is 0.394. The van der Waals surface area contributed by atoms with E-state index in [9.17, 15) is 18.4 Å². The number of ether oxygens (including phenoxy) is 3. The van der Waals surface area contributed by atoms with Crippen molar-refractivity contribution >= 4 is 29.0 Å². The van der Waals surface area contributed by atoms with Crippen LogP contribution in [0.4, 0.5) is 23.9 Å². The molecular formula is C35H37F3N6O5. The molecule has 3 aliphatic rings. The van der Waals surface area contributed by atoms with Crippen LogP contribution in [0, 0.1) is 23.6 Å². The molecule has 1 aliphatic carbocycles. The molecule has 1 amide bonds. The largest absolute Gasteiger partial charge is 0.469 e. The van der Waals surface area contributed by atoms with Crippen LogP contribution in [0.3, 0.4) is 0 Å². The van der Waals surface area contributed by atoms with Gasteiger partial charge in [-0.05, 0) is 57.6 Å². The highest BCUT2D eigenvalue weighted by Crippen LogP contribution is 2.43. The Morgan fingerprint density at radius 2 is 1.69 bits per heavy atom. The summed E-state index contributed by atoms with van der Waals surface area (Å²) in [6.07, 6.45) is 4.43. The van der Waals surface area contributed by atoms with Crippen LogP contribution in [0.15, 0.2) is 48.8 Å². The van der Waals surface area contributed by atoms with Crippen LogP contribution in [0.25, 0.3) is 22.2 Å². The zero-order valence-corrected chi connectivity index (χ0v) is 27.6. The number of benzene rings is 2. The van der Waals surface area contributed by atoms with Gasteiger partial charge in [0, 0.05) is 54.8 Å². The van der Waals surface area contributed by atoms with Crippen molar-refractivity contribution in [3.63, 3.8) is 0 Å². The van der Waals surface area contributed by atoms with Crippen LogP contribution in [0.1, 0.15) is 51.0 Å². The number of piperidine rings is 1. The molecule has 2 bridgehead atoms. The number of carbonyl (C=O) groups is 2. The molecule has 4 heterocycles. The fourth-order valence-electron chi connectivity index (χ4n) is 7.56. The van der Waals surface area contributed by atoms with E-state index >= 15 is 4.39 Å². The van der Waals surface area contributed by atoms with Crippen molar-refractivity contribution < 1.29 is 37.0 Å². The van der Waals surface area contributed by atoms with E-state index in [1.165, 1.54) is 24.1 Å². The minimum Gasteiger partial charge on any atom is -0.469 e. The van der Waals surface area contributed by atoms with Gasteiger partial charge in [0.1, 0.15) is 23.0 Å². The first kappa shape index (κ1) is 32.7. The quantitative estimate of drug-likeness (QED) is 0.220. The summed E-state index contributed by atoms with van der Waals surface area (Å²) in [5.41, 5.74) is 1.18. The minimum absolute atomic E-state index is 0.0447. The Hall–Kier alpha value is -4.88. The molecule has 2 aliphatic heterocycles. The summed E-state index contributed by atoms with van der Waals surface area (Å²) < 4.78 is 60.1. The van der Waals surface area contributed by atoms with Gasteiger partial charge >= 0.3 is 18.7 Å². The zero-order chi connectivity index (χ0) is 34.6. The van der Waals surface area contributed by atoms with Crippen LogP contribution in [-0.2, 0) is 20.8 Å². The van der Waals surface area contributed by atoms with E-state index in [0.29, 0.717) is 47.0 Å². The standard InChI is InChI=1S/C35H37F3N6O5/c1-35(2,3)49-34(46)43-17-27(22-7-5-6-8-28(22)48-32(37)38)44-26-11-23(24(36)12-25(26)41-29(44)18-43)21-13-39-33(40-14-21)42-15-19-9-10-20(16-42)30(19)31(45)47-4/h5-8,11-14,19-20,27,30,32H,9-10,15-18H2,1-4H3/t19-,20?,27?,30-/m1/s1. The molecule has 7 rings (SSSR count). The molecule has 1 saturated carbocycles. The molecule has 2 fully saturated rings. The minimum atomic E-state index is -3.07. The monoisotopic (exact) mass is 678 g/mol. The molecule has 0 N–H and O–H groups in total. The maximum absolute atomic E-state index is 15.8. The van der Waals surface area contributed by atoms with Gasteiger partial charge in [0.25, 0.3) is 0 Å². The lowest BCUT2D eigenvalue weighted by Gasteiger charge is -2.36. The molecule has 2 aromatic carbocycles. The van der Waals surface area contributed by atoms with Gasteiger partial charge in [-0.25, -0.2) is 24.1 Å². The maximum Gasteiger partial charge on any atom is 0.410 e. The predicted molar refractivity (Wildman–Crippen MR) is 173 cm³/mol. The Balaban J connectivity index is 1.24. The van der Waals surface area contributed by atoms with Gasteiger partial charge in [0.15, 0.2) is 0 Å². The normalized spacial score (nSPS) is 22.0. The highest BCUT2D eigenvalue weighted by atomic mass is 19.3. The third-order valence-corrected chi connectivity index (χ3v) is 9.57. The number of rotatable bonds is 6. The number of aromatic nitrogens is 4. The van der Waals surface area contributed by atoms with E-state index in [0.717, 1.165) is 12.8 Å². The lowest BCUT2D eigenvalue weighted by molar-refractivity contribution is -0.148. The second kappa shape index (κ2) is 12.5. The fraction of sp³-hybridized carbons (Fsp3) is 0.457.